The van der Waals surface area contributed by atoms with Crippen molar-refractivity contribution in [1.82, 2.24) is 10.6 Å². The molecule has 0 aromatic heterocycles. The molecule has 6 N–H and O–H groups in total. The third-order valence-corrected chi connectivity index (χ3v) is 11.5. The standard InChI is InChI=1S/2C18H20F3N3O2S/c2*19-18(20,21)16-7-6-14(12-17(16)23-13-8-10-22-11-9-13)24-27(25,26)15-4-2-1-3-5-15/h2*1-7,12-13,22-24H,8-11H2. The van der Waals surface area contributed by atoms with E-state index in [4.69, 9.17) is 0 Å². The second-order valence-corrected chi connectivity index (χ2v) is 16.1. The number of benzene rings is 4. The van der Waals surface area contributed by atoms with Crippen LogP contribution in [-0.2, 0) is 32.4 Å². The number of rotatable bonds is 10. The molecule has 18 heteroatoms. The molecule has 6 rings (SSSR count). The lowest BCUT2D eigenvalue weighted by Gasteiger charge is -2.26. The minimum Gasteiger partial charge on any atom is -0.382 e. The molecule has 10 nitrogen and oxygen atoms in total. The molecule has 0 saturated carbocycles. The lowest BCUT2D eigenvalue weighted by atomic mass is 10.0. The second-order valence-electron chi connectivity index (χ2n) is 12.7. The Bertz CT molecular complexity index is 1910. The fraction of sp³-hybridized carbons (Fsp3) is 0.333. The molecular formula is C36H40F6N6O4S2. The highest BCUT2D eigenvalue weighted by Crippen LogP contribution is 2.39. The molecular weight excluding hydrogens is 759 g/mol. The minimum atomic E-state index is -4.54. The van der Waals surface area contributed by atoms with Crippen molar-refractivity contribution < 1.29 is 43.2 Å². The van der Waals surface area contributed by atoms with E-state index in [-0.39, 0.29) is 44.6 Å². The molecule has 0 radical (unpaired) electrons. The Balaban J connectivity index is 0.000000208. The summed E-state index contributed by atoms with van der Waals surface area (Å²) >= 11 is 0. The van der Waals surface area contributed by atoms with Gasteiger partial charge in [0.15, 0.2) is 0 Å². The van der Waals surface area contributed by atoms with Crippen molar-refractivity contribution in [2.45, 2.75) is 59.9 Å². The smallest absolute Gasteiger partial charge is 0.382 e. The highest BCUT2D eigenvalue weighted by atomic mass is 32.2. The lowest BCUT2D eigenvalue weighted by Crippen LogP contribution is -2.35. The van der Waals surface area contributed by atoms with Crippen LogP contribution in [0.2, 0.25) is 0 Å². The summed E-state index contributed by atoms with van der Waals surface area (Å²) < 4.78 is 134. The number of alkyl halides is 6. The SMILES string of the molecule is O=S(=O)(Nc1ccc(C(F)(F)F)c(NC2CCNCC2)c1)c1ccccc1.O=S(=O)(Nc1ccc(C(F)(F)F)c(NC2CCNCC2)c1)c1ccccc1. The predicted molar refractivity (Wildman–Crippen MR) is 196 cm³/mol. The topological polar surface area (TPSA) is 140 Å². The molecule has 2 heterocycles. The van der Waals surface area contributed by atoms with Crippen LogP contribution in [0.5, 0.6) is 0 Å². The third kappa shape index (κ3) is 11.3. The van der Waals surface area contributed by atoms with Crippen molar-refractivity contribution in [3.8, 4) is 0 Å². The Morgan fingerprint density at radius 3 is 1.15 bits per heavy atom. The summed E-state index contributed by atoms with van der Waals surface area (Å²) in [5.74, 6) is 0. The van der Waals surface area contributed by atoms with Crippen LogP contribution >= 0.6 is 0 Å². The third-order valence-electron chi connectivity index (χ3n) is 8.66. The summed E-state index contributed by atoms with van der Waals surface area (Å²) in [6.07, 6.45) is -6.30. The summed E-state index contributed by atoms with van der Waals surface area (Å²) in [7, 11) is -7.76. The van der Waals surface area contributed by atoms with Crippen LogP contribution in [0.25, 0.3) is 0 Å². The first-order chi connectivity index (χ1) is 25.5. The normalized spacial score (nSPS) is 16.1. The fourth-order valence-electron chi connectivity index (χ4n) is 5.95. The fourth-order valence-corrected chi connectivity index (χ4v) is 8.09. The maximum absolute atomic E-state index is 13.3. The average molecular weight is 799 g/mol. The van der Waals surface area contributed by atoms with E-state index in [0.29, 0.717) is 25.7 Å². The van der Waals surface area contributed by atoms with Gasteiger partial charge in [-0.1, -0.05) is 36.4 Å². The van der Waals surface area contributed by atoms with Crippen LogP contribution in [0.15, 0.2) is 107 Å². The van der Waals surface area contributed by atoms with E-state index >= 15 is 0 Å². The molecule has 0 bridgehead atoms. The number of hydrogen-bond donors (Lipinski definition) is 6. The van der Waals surface area contributed by atoms with E-state index in [1.807, 2.05) is 0 Å². The molecule has 2 saturated heterocycles. The van der Waals surface area contributed by atoms with Crippen molar-refractivity contribution in [3.05, 3.63) is 108 Å². The summed E-state index contributed by atoms with van der Waals surface area (Å²) in [4.78, 5) is 0.0792. The number of hydrogen-bond acceptors (Lipinski definition) is 8. The van der Waals surface area contributed by atoms with Gasteiger partial charge in [-0.05, 0) is 113 Å². The molecule has 4 aromatic carbocycles. The van der Waals surface area contributed by atoms with E-state index in [1.165, 1.54) is 36.4 Å². The van der Waals surface area contributed by atoms with Crippen LogP contribution in [-0.4, -0.2) is 55.1 Å². The summed E-state index contributed by atoms with van der Waals surface area (Å²) in [5, 5.41) is 12.2. The summed E-state index contributed by atoms with van der Waals surface area (Å²) in [6.45, 7) is 2.89. The van der Waals surface area contributed by atoms with Gasteiger partial charge in [-0.15, -0.1) is 0 Å². The Labute approximate surface area is 310 Å². The van der Waals surface area contributed by atoms with E-state index in [9.17, 15) is 43.2 Å². The first kappa shape index (κ1) is 40.7. The predicted octanol–water partition coefficient (Wildman–Crippen LogP) is 7.34. The van der Waals surface area contributed by atoms with Crippen LogP contribution in [0.3, 0.4) is 0 Å². The van der Waals surface area contributed by atoms with E-state index in [0.717, 1.165) is 50.4 Å². The Kier molecular flexibility index (Phi) is 13.0. The maximum atomic E-state index is 13.3. The van der Waals surface area contributed by atoms with Gasteiger partial charge in [0, 0.05) is 23.5 Å². The number of halogens is 6. The van der Waals surface area contributed by atoms with Gasteiger partial charge in [0.2, 0.25) is 0 Å². The van der Waals surface area contributed by atoms with Gasteiger partial charge < -0.3 is 21.3 Å². The number of nitrogens with one attached hydrogen (secondary N) is 6. The monoisotopic (exact) mass is 798 g/mol. The Morgan fingerprint density at radius 1 is 0.500 bits per heavy atom. The number of piperidine rings is 2. The lowest BCUT2D eigenvalue weighted by molar-refractivity contribution is -0.137. The molecule has 0 spiro atoms. The molecule has 2 fully saturated rings. The largest absolute Gasteiger partial charge is 0.418 e. The van der Waals surface area contributed by atoms with E-state index in [2.05, 4.69) is 30.7 Å². The van der Waals surface area contributed by atoms with Crippen LogP contribution in [0, 0.1) is 0 Å². The second kappa shape index (κ2) is 17.3. The van der Waals surface area contributed by atoms with Crippen molar-refractivity contribution in [2.75, 3.05) is 46.3 Å². The molecule has 0 amide bonds. The highest BCUT2D eigenvalue weighted by molar-refractivity contribution is 7.93. The van der Waals surface area contributed by atoms with Crippen LogP contribution < -0.4 is 30.7 Å². The molecule has 2 aliphatic heterocycles. The van der Waals surface area contributed by atoms with Gasteiger partial charge in [-0.25, -0.2) is 16.8 Å². The zero-order valence-electron chi connectivity index (χ0n) is 28.8. The quantitative estimate of drug-likeness (QED) is 0.0917. The zero-order valence-corrected chi connectivity index (χ0v) is 30.4. The minimum absolute atomic E-state index is 0.0396. The van der Waals surface area contributed by atoms with Gasteiger partial charge in [-0.3, -0.25) is 9.44 Å². The van der Waals surface area contributed by atoms with Crippen molar-refractivity contribution in [3.63, 3.8) is 0 Å². The molecule has 54 heavy (non-hydrogen) atoms. The molecule has 0 unspecified atom stereocenters. The average Bonchev–Trinajstić information content (AvgIpc) is 3.12. The highest BCUT2D eigenvalue weighted by Gasteiger charge is 2.35. The molecule has 2 aliphatic rings. The van der Waals surface area contributed by atoms with Gasteiger partial charge in [0.05, 0.1) is 32.3 Å². The maximum Gasteiger partial charge on any atom is 0.418 e. The first-order valence-electron chi connectivity index (χ1n) is 17.0. The van der Waals surface area contributed by atoms with Crippen LogP contribution in [0.1, 0.15) is 36.8 Å². The molecule has 0 aliphatic carbocycles. The molecule has 4 aromatic rings. The van der Waals surface area contributed by atoms with Crippen molar-refractivity contribution in [1.29, 1.82) is 0 Å². The molecule has 0 atom stereocenters. The molecule has 292 valence electrons. The number of sulfonamides is 2. The van der Waals surface area contributed by atoms with Gasteiger partial charge in [-0.2, -0.15) is 26.3 Å². The Morgan fingerprint density at radius 2 is 0.833 bits per heavy atom. The van der Waals surface area contributed by atoms with Crippen LogP contribution in [0.4, 0.5) is 49.1 Å². The number of anilines is 4. The van der Waals surface area contributed by atoms with Gasteiger partial charge >= 0.3 is 12.4 Å². The zero-order chi connectivity index (χ0) is 39.0. The first-order valence-corrected chi connectivity index (χ1v) is 20.0. The van der Waals surface area contributed by atoms with Crippen molar-refractivity contribution >= 4 is 42.8 Å². The van der Waals surface area contributed by atoms with E-state index < -0.39 is 43.5 Å². The van der Waals surface area contributed by atoms with Gasteiger partial charge in [0.25, 0.3) is 20.0 Å². The summed E-state index contributed by atoms with van der Waals surface area (Å²) in [6, 6.07) is 21.6. The van der Waals surface area contributed by atoms with E-state index in [1.54, 1.807) is 36.4 Å². The Hall–Kier alpha value is -4.52. The van der Waals surface area contributed by atoms with Gasteiger partial charge in [0.1, 0.15) is 0 Å². The summed E-state index contributed by atoms with van der Waals surface area (Å²) in [5.41, 5.74) is -1.73. The van der Waals surface area contributed by atoms with Crippen molar-refractivity contribution in [2.24, 2.45) is 0 Å².